The molecule has 0 aliphatic carbocycles. The lowest BCUT2D eigenvalue weighted by molar-refractivity contribution is 0.448. The maximum absolute atomic E-state index is 13.3. The Morgan fingerprint density at radius 3 is 2.52 bits per heavy atom. The second-order valence-electron chi connectivity index (χ2n) is 4.87. The molecule has 0 unspecified atom stereocenters. The molecular formula is C16H18BrFN2O. The minimum absolute atomic E-state index is 0.363. The van der Waals surface area contributed by atoms with E-state index in [1.165, 1.54) is 12.3 Å². The molecule has 0 amide bonds. The van der Waals surface area contributed by atoms with Crippen molar-refractivity contribution < 1.29 is 9.13 Å². The molecule has 2 aromatic rings. The number of pyridine rings is 1. The van der Waals surface area contributed by atoms with Crippen molar-refractivity contribution in [3.63, 3.8) is 0 Å². The fourth-order valence-electron chi connectivity index (χ4n) is 2.02. The van der Waals surface area contributed by atoms with Gasteiger partial charge in [-0.2, -0.15) is 0 Å². The molecule has 1 aromatic heterocycles. The zero-order valence-corrected chi connectivity index (χ0v) is 13.9. The normalized spacial score (nSPS) is 10.7. The number of nitrogens with one attached hydrogen (secondary N) is 1. The molecular weight excluding hydrogens is 335 g/mol. The van der Waals surface area contributed by atoms with Crippen LogP contribution in [0, 0.1) is 19.7 Å². The molecule has 21 heavy (non-hydrogen) atoms. The number of aryl methyl sites for hydroxylation is 2. The zero-order valence-electron chi connectivity index (χ0n) is 12.3. The Morgan fingerprint density at radius 2 is 1.90 bits per heavy atom. The highest BCUT2D eigenvalue weighted by atomic mass is 79.9. The van der Waals surface area contributed by atoms with Crippen LogP contribution in [-0.2, 0) is 6.54 Å². The van der Waals surface area contributed by atoms with Crippen LogP contribution in [0.2, 0.25) is 0 Å². The summed E-state index contributed by atoms with van der Waals surface area (Å²) in [5.41, 5.74) is 2.87. The number of benzene rings is 1. The average Bonchev–Trinajstić information content (AvgIpc) is 2.45. The second-order valence-corrected chi connectivity index (χ2v) is 5.66. The Morgan fingerprint density at radius 1 is 1.24 bits per heavy atom. The first-order valence-corrected chi connectivity index (χ1v) is 7.60. The smallest absolute Gasteiger partial charge is 0.223 e. The molecule has 5 heteroatoms. The van der Waals surface area contributed by atoms with Crippen LogP contribution in [0.25, 0.3) is 0 Å². The summed E-state index contributed by atoms with van der Waals surface area (Å²) in [6.07, 6.45) is 1.17. The first-order chi connectivity index (χ1) is 10.0. The summed E-state index contributed by atoms with van der Waals surface area (Å²) in [6.45, 7) is 7.31. The summed E-state index contributed by atoms with van der Waals surface area (Å²) in [7, 11) is 0. The van der Waals surface area contributed by atoms with Gasteiger partial charge in [-0.25, -0.2) is 9.37 Å². The lowest BCUT2D eigenvalue weighted by Gasteiger charge is -2.12. The Bertz CT molecular complexity index is 623. The van der Waals surface area contributed by atoms with Crippen molar-refractivity contribution in [2.24, 2.45) is 0 Å². The third kappa shape index (κ3) is 4.02. The molecule has 2 rings (SSSR count). The van der Waals surface area contributed by atoms with Crippen LogP contribution in [0.15, 0.2) is 28.9 Å². The van der Waals surface area contributed by atoms with Crippen LogP contribution in [0.3, 0.4) is 0 Å². The van der Waals surface area contributed by atoms with Gasteiger partial charge in [-0.05, 0) is 49.7 Å². The van der Waals surface area contributed by atoms with Gasteiger partial charge >= 0.3 is 0 Å². The van der Waals surface area contributed by atoms with E-state index < -0.39 is 0 Å². The molecule has 0 bridgehead atoms. The SMILES string of the molecule is CCNCc1cc(F)cnc1Oc1cc(C)c(Br)c(C)c1. The van der Waals surface area contributed by atoms with E-state index in [2.05, 4.69) is 26.2 Å². The van der Waals surface area contributed by atoms with Crippen LogP contribution >= 0.6 is 15.9 Å². The van der Waals surface area contributed by atoms with Gasteiger partial charge in [0.15, 0.2) is 0 Å². The first kappa shape index (κ1) is 15.9. The molecule has 0 radical (unpaired) electrons. The lowest BCUT2D eigenvalue weighted by Crippen LogP contribution is -2.13. The van der Waals surface area contributed by atoms with E-state index in [1.807, 2.05) is 32.9 Å². The first-order valence-electron chi connectivity index (χ1n) is 6.81. The number of ether oxygens (including phenoxy) is 1. The van der Waals surface area contributed by atoms with Crippen LogP contribution < -0.4 is 10.1 Å². The van der Waals surface area contributed by atoms with Crippen molar-refractivity contribution in [1.82, 2.24) is 10.3 Å². The van der Waals surface area contributed by atoms with E-state index in [9.17, 15) is 4.39 Å². The third-order valence-corrected chi connectivity index (χ3v) is 4.33. The van der Waals surface area contributed by atoms with Gasteiger partial charge in [0.1, 0.15) is 11.6 Å². The summed E-state index contributed by atoms with van der Waals surface area (Å²) in [6, 6.07) is 5.31. The molecule has 1 heterocycles. The molecule has 0 aliphatic rings. The third-order valence-electron chi connectivity index (χ3n) is 3.08. The molecule has 0 aliphatic heterocycles. The Kier molecular flexibility index (Phi) is 5.31. The number of aromatic nitrogens is 1. The molecule has 0 spiro atoms. The summed E-state index contributed by atoms with van der Waals surface area (Å²) < 4.78 is 20.2. The predicted molar refractivity (Wildman–Crippen MR) is 85.3 cm³/mol. The molecule has 0 saturated carbocycles. The van der Waals surface area contributed by atoms with Crippen molar-refractivity contribution >= 4 is 15.9 Å². The lowest BCUT2D eigenvalue weighted by atomic mass is 10.1. The van der Waals surface area contributed by atoms with Gasteiger partial charge in [-0.15, -0.1) is 0 Å². The number of hydrogen-bond acceptors (Lipinski definition) is 3. The van der Waals surface area contributed by atoms with Gasteiger partial charge in [-0.1, -0.05) is 22.9 Å². The summed E-state index contributed by atoms with van der Waals surface area (Å²) in [4.78, 5) is 4.06. The molecule has 0 atom stereocenters. The highest BCUT2D eigenvalue weighted by Gasteiger charge is 2.10. The topological polar surface area (TPSA) is 34.2 Å². The zero-order chi connectivity index (χ0) is 15.4. The second kappa shape index (κ2) is 7.00. The fraction of sp³-hybridized carbons (Fsp3) is 0.312. The number of rotatable bonds is 5. The maximum Gasteiger partial charge on any atom is 0.223 e. The predicted octanol–water partition coefficient (Wildman–Crippen LogP) is 4.50. The van der Waals surface area contributed by atoms with Gasteiger partial charge in [0.25, 0.3) is 0 Å². The van der Waals surface area contributed by atoms with Crippen LogP contribution in [0.1, 0.15) is 23.6 Å². The molecule has 3 nitrogen and oxygen atoms in total. The standard InChI is InChI=1S/C16H18BrFN2O/c1-4-19-8-12-7-13(18)9-20-16(12)21-14-5-10(2)15(17)11(3)6-14/h5-7,9,19H,4,8H2,1-3H3. The average molecular weight is 353 g/mol. The van der Waals surface area contributed by atoms with E-state index in [-0.39, 0.29) is 5.82 Å². The molecule has 0 saturated heterocycles. The number of halogens is 2. The van der Waals surface area contributed by atoms with E-state index in [1.54, 1.807) is 0 Å². The van der Waals surface area contributed by atoms with Crippen molar-refractivity contribution in [3.8, 4) is 11.6 Å². The highest BCUT2D eigenvalue weighted by Crippen LogP contribution is 2.30. The van der Waals surface area contributed by atoms with Gasteiger partial charge in [0.2, 0.25) is 5.88 Å². The summed E-state index contributed by atoms with van der Waals surface area (Å²) >= 11 is 3.53. The monoisotopic (exact) mass is 352 g/mol. The minimum atomic E-state index is -0.363. The minimum Gasteiger partial charge on any atom is -0.439 e. The molecule has 1 N–H and O–H groups in total. The van der Waals surface area contributed by atoms with Crippen molar-refractivity contribution in [1.29, 1.82) is 0 Å². The Hall–Kier alpha value is -1.46. The van der Waals surface area contributed by atoms with Gasteiger partial charge in [-0.3, -0.25) is 0 Å². The highest BCUT2D eigenvalue weighted by molar-refractivity contribution is 9.10. The molecule has 1 aromatic carbocycles. The van der Waals surface area contributed by atoms with Crippen molar-refractivity contribution in [2.45, 2.75) is 27.3 Å². The number of hydrogen-bond donors (Lipinski definition) is 1. The summed E-state index contributed by atoms with van der Waals surface area (Å²) in [5.74, 6) is 0.766. The van der Waals surface area contributed by atoms with E-state index in [4.69, 9.17) is 4.74 Å². The van der Waals surface area contributed by atoms with Crippen LogP contribution in [0.4, 0.5) is 4.39 Å². The van der Waals surface area contributed by atoms with Crippen LogP contribution in [-0.4, -0.2) is 11.5 Å². The quantitative estimate of drug-likeness (QED) is 0.859. The molecule has 112 valence electrons. The van der Waals surface area contributed by atoms with Gasteiger partial charge < -0.3 is 10.1 Å². The van der Waals surface area contributed by atoms with E-state index in [0.29, 0.717) is 23.7 Å². The largest absolute Gasteiger partial charge is 0.439 e. The Labute approximate surface area is 132 Å². The summed E-state index contributed by atoms with van der Waals surface area (Å²) in [5, 5.41) is 3.16. The van der Waals surface area contributed by atoms with Gasteiger partial charge in [0.05, 0.1) is 6.20 Å². The van der Waals surface area contributed by atoms with Crippen molar-refractivity contribution in [2.75, 3.05) is 6.54 Å². The fourth-order valence-corrected chi connectivity index (χ4v) is 2.25. The van der Waals surface area contributed by atoms with Gasteiger partial charge in [0, 0.05) is 16.6 Å². The number of nitrogens with zero attached hydrogens (tertiary/aromatic N) is 1. The maximum atomic E-state index is 13.3. The van der Waals surface area contributed by atoms with Crippen LogP contribution in [0.5, 0.6) is 11.6 Å². The molecule has 0 fully saturated rings. The van der Waals surface area contributed by atoms with Crippen molar-refractivity contribution in [3.05, 3.63) is 51.4 Å². The van der Waals surface area contributed by atoms with E-state index >= 15 is 0 Å². The Balaban J connectivity index is 2.30. The van der Waals surface area contributed by atoms with E-state index in [0.717, 1.165) is 22.1 Å².